The van der Waals surface area contributed by atoms with E-state index in [1.807, 2.05) is 60.7 Å². The van der Waals surface area contributed by atoms with Crippen molar-refractivity contribution in [2.24, 2.45) is 11.1 Å². The fourth-order valence-corrected chi connectivity index (χ4v) is 4.67. The molecule has 0 radical (unpaired) electrons. The van der Waals surface area contributed by atoms with Crippen LogP contribution in [0.15, 0.2) is 60.1 Å². The number of hydrogen-bond acceptors (Lipinski definition) is 6. The number of benzene rings is 1. The molecular weight excluding hydrogens is 420 g/mol. The summed E-state index contributed by atoms with van der Waals surface area (Å²) in [6.45, 7) is 4.02. The van der Waals surface area contributed by atoms with Gasteiger partial charge in [-0.05, 0) is 37.6 Å². The first kappa shape index (κ1) is 21.5. The maximum Gasteiger partial charge on any atom is 0.269 e. The molecule has 0 aliphatic carbocycles. The van der Waals surface area contributed by atoms with E-state index in [1.54, 1.807) is 7.11 Å². The number of methoxy groups -OCH3 is 1. The van der Waals surface area contributed by atoms with Crippen LogP contribution in [0.25, 0.3) is 5.52 Å². The second-order valence-electron chi connectivity index (χ2n) is 8.81. The molecule has 33 heavy (non-hydrogen) atoms. The summed E-state index contributed by atoms with van der Waals surface area (Å²) in [5, 5.41) is 4.27. The Morgan fingerprint density at radius 2 is 2.12 bits per heavy atom. The van der Waals surface area contributed by atoms with Crippen molar-refractivity contribution in [3.63, 3.8) is 0 Å². The van der Waals surface area contributed by atoms with Crippen LogP contribution in [-0.2, 0) is 20.8 Å². The maximum atomic E-state index is 13.6. The highest BCUT2D eigenvalue weighted by atomic mass is 16.7. The quantitative estimate of drug-likeness (QED) is 0.600. The Bertz CT molecular complexity index is 1190. The molecule has 0 unspecified atom stereocenters. The molecule has 0 bridgehead atoms. The van der Waals surface area contributed by atoms with Crippen molar-refractivity contribution in [1.29, 1.82) is 0 Å². The van der Waals surface area contributed by atoms with Crippen molar-refractivity contribution in [3.8, 4) is 5.75 Å². The molecular formula is C25H28N4O4. The van der Waals surface area contributed by atoms with Crippen molar-refractivity contribution in [3.05, 3.63) is 66.2 Å². The molecule has 2 atom stereocenters. The van der Waals surface area contributed by atoms with Crippen molar-refractivity contribution in [2.45, 2.75) is 25.4 Å². The van der Waals surface area contributed by atoms with Gasteiger partial charge in [-0.1, -0.05) is 17.3 Å². The average Bonchev–Trinajstić information content (AvgIpc) is 3.41. The average molecular weight is 449 g/mol. The number of fused-ring (bicyclic) bond motifs is 1. The van der Waals surface area contributed by atoms with Gasteiger partial charge in [0.25, 0.3) is 5.91 Å². The first-order valence-corrected chi connectivity index (χ1v) is 11.2. The molecule has 5 rings (SSSR count). The van der Waals surface area contributed by atoms with E-state index in [4.69, 9.17) is 14.3 Å². The lowest BCUT2D eigenvalue weighted by Gasteiger charge is -2.30. The molecule has 0 saturated carbocycles. The lowest BCUT2D eigenvalue weighted by atomic mass is 9.93. The largest absolute Gasteiger partial charge is 0.496 e. The topological polar surface area (TPSA) is 77.7 Å². The van der Waals surface area contributed by atoms with Gasteiger partial charge in [-0.2, -0.15) is 0 Å². The van der Waals surface area contributed by atoms with E-state index in [9.17, 15) is 4.79 Å². The molecule has 8 nitrogen and oxygen atoms in total. The zero-order chi connectivity index (χ0) is 22.8. The van der Waals surface area contributed by atoms with Gasteiger partial charge in [0.05, 0.1) is 37.2 Å². The lowest BCUT2D eigenvalue weighted by Crippen LogP contribution is -2.49. The van der Waals surface area contributed by atoms with E-state index >= 15 is 0 Å². The Kier molecular flexibility index (Phi) is 5.76. The molecule has 1 fully saturated rings. The van der Waals surface area contributed by atoms with Crippen molar-refractivity contribution >= 4 is 17.1 Å². The number of amides is 1. The number of oxime groups is 1. The Labute approximate surface area is 192 Å². The Morgan fingerprint density at radius 1 is 1.24 bits per heavy atom. The third-order valence-corrected chi connectivity index (χ3v) is 6.37. The number of carbonyl (C=O) groups is 1. The van der Waals surface area contributed by atoms with Gasteiger partial charge in [-0.25, -0.2) is 0 Å². The molecule has 1 saturated heterocycles. The van der Waals surface area contributed by atoms with Gasteiger partial charge in [0.1, 0.15) is 5.75 Å². The minimum Gasteiger partial charge on any atom is -0.496 e. The zero-order valence-electron chi connectivity index (χ0n) is 18.9. The van der Waals surface area contributed by atoms with E-state index in [1.165, 1.54) is 0 Å². The monoisotopic (exact) mass is 448 g/mol. The first-order valence-electron chi connectivity index (χ1n) is 11.2. The van der Waals surface area contributed by atoms with Crippen LogP contribution >= 0.6 is 0 Å². The summed E-state index contributed by atoms with van der Waals surface area (Å²) >= 11 is 0. The highest BCUT2D eigenvalue weighted by Crippen LogP contribution is 2.32. The van der Waals surface area contributed by atoms with E-state index in [-0.39, 0.29) is 11.8 Å². The summed E-state index contributed by atoms with van der Waals surface area (Å²) in [6.07, 6.45) is 6.89. The number of ether oxygens (including phenoxy) is 2. The molecule has 0 spiro atoms. The predicted molar refractivity (Wildman–Crippen MR) is 123 cm³/mol. The second kappa shape index (κ2) is 8.86. The minimum absolute atomic E-state index is 0.0690. The summed E-state index contributed by atoms with van der Waals surface area (Å²) in [7, 11) is 1.63. The van der Waals surface area contributed by atoms with E-state index < -0.39 is 5.60 Å². The number of aromatic nitrogens is 2. The fraction of sp³-hybridized carbons (Fsp3) is 0.400. The highest BCUT2D eigenvalue weighted by molar-refractivity contribution is 6.07. The van der Waals surface area contributed by atoms with Crippen LogP contribution in [0.4, 0.5) is 0 Å². The van der Waals surface area contributed by atoms with Crippen molar-refractivity contribution in [1.82, 2.24) is 14.3 Å². The summed E-state index contributed by atoms with van der Waals surface area (Å²) in [5.41, 5.74) is 2.61. The number of rotatable bonds is 5. The van der Waals surface area contributed by atoms with Crippen LogP contribution in [0.5, 0.6) is 5.75 Å². The Balaban J connectivity index is 1.30. The molecule has 2 aliphatic heterocycles. The van der Waals surface area contributed by atoms with Gasteiger partial charge in [-0.3, -0.25) is 9.78 Å². The van der Waals surface area contributed by atoms with Gasteiger partial charge in [0.2, 0.25) is 5.60 Å². The van der Waals surface area contributed by atoms with Gasteiger partial charge < -0.3 is 23.6 Å². The van der Waals surface area contributed by atoms with Crippen LogP contribution in [-0.4, -0.2) is 64.9 Å². The van der Waals surface area contributed by atoms with Crippen LogP contribution in [0, 0.1) is 5.92 Å². The maximum absolute atomic E-state index is 13.6. The molecule has 3 aromatic rings. The summed E-state index contributed by atoms with van der Waals surface area (Å²) in [5.74, 6) is 0.789. The van der Waals surface area contributed by atoms with Crippen molar-refractivity contribution < 1.29 is 19.1 Å². The minimum atomic E-state index is -1.05. The Hall–Kier alpha value is -3.39. The second-order valence-corrected chi connectivity index (χ2v) is 8.81. The Morgan fingerprint density at radius 3 is 3.00 bits per heavy atom. The molecule has 172 valence electrons. The lowest BCUT2D eigenvalue weighted by molar-refractivity contribution is -0.153. The predicted octanol–water partition coefficient (Wildman–Crippen LogP) is 2.94. The van der Waals surface area contributed by atoms with E-state index in [0.29, 0.717) is 38.5 Å². The zero-order valence-corrected chi connectivity index (χ0v) is 18.9. The number of carbonyl (C=O) groups excluding carboxylic acids is 1. The normalized spacial score (nSPS) is 23.2. The first-order chi connectivity index (χ1) is 16.1. The molecule has 0 N–H and O–H groups in total. The molecule has 8 heteroatoms. The third-order valence-electron chi connectivity index (χ3n) is 6.37. The van der Waals surface area contributed by atoms with Crippen LogP contribution in [0.3, 0.4) is 0 Å². The number of para-hydroxylation sites is 1. The van der Waals surface area contributed by atoms with Gasteiger partial charge >= 0.3 is 0 Å². The van der Waals surface area contributed by atoms with Gasteiger partial charge in [0, 0.05) is 49.6 Å². The summed E-state index contributed by atoms with van der Waals surface area (Å²) < 4.78 is 13.4. The van der Waals surface area contributed by atoms with Crippen molar-refractivity contribution in [2.75, 3.05) is 33.4 Å². The standard InChI is InChI=1S/C25H28N4O4/c1-25(15-21(27-33-25)19-6-3-4-8-23(19)31-2)24(30)29-12-13-32-17-18(16-29)14-20-22-7-5-10-28(22)11-9-26-20/h3-11,18H,12-17H2,1-2H3/t18-,25+/m0/s1. The van der Waals surface area contributed by atoms with Gasteiger partial charge in [0.15, 0.2) is 0 Å². The highest BCUT2D eigenvalue weighted by Gasteiger charge is 2.45. The summed E-state index contributed by atoms with van der Waals surface area (Å²) in [4.78, 5) is 25.8. The van der Waals surface area contributed by atoms with Crippen LogP contribution < -0.4 is 4.74 Å². The summed E-state index contributed by atoms with van der Waals surface area (Å²) in [6, 6.07) is 11.7. The van der Waals surface area contributed by atoms with Crippen LogP contribution in [0.2, 0.25) is 0 Å². The van der Waals surface area contributed by atoms with Crippen LogP contribution in [0.1, 0.15) is 24.6 Å². The molecule has 2 aliphatic rings. The van der Waals surface area contributed by atoms with E-state index in [0.717, 1.165) is 28.9 Å². The smallest absolute Gasteiger partial charge is 0.269 e. The third kappa shape index (κ3) is 4.18. The van der Waals surface area contributed by atoms with E-state index in [2.05, 4.69) is 20.6 Å². The molecule has 1 amide bonds. The fourth-order valence-electron chi connectivity index (χ4n) is 4.67. The SMILES string of the molecule is COc1ccccc1C1=NO[C@@](C)(C(=O)N2CCOC[C@@H](Cc3nccn4cccc34)C2)C1. The molecule has 2 aromatic heterocycles. The molecule has 4 heterocycles. The van der Waals surface area contributed by atoms with Gasteiger partial charge in [-0.15, -0.1) is 0 Å². The number of nitrogens with zero attached hydrogens (tertiary/aromatic N) is 4. The molecule has 1 aromatic carbocycles. The number of hydrogen-bond donors (Lipinski definition) is 0.